The molecule has 0 aliphatic carbocycles. The number of hydrogen-bond donors (Lipinski definition) is 1. The molecule has 1 saturated heterocycles. The van der Waals surface area contributed by atoms with E-state index in [-0.39, 0.29) is 18.4 Å². The summed E-state index contributed by atoms with van der Waals surface area (Å²) in [5, 5.41) is 3.26. The van der Waals surface area contributed by atoms with Gasteiger partial charge in [-0.25, -0.2) is 0 Å². The van der Waals surface area contributed by atoms with Crippen LogP contribution in [0.1, 0.15) is 17.7 Å². The fourth-order valence-electron chi connectivity index (χ4n) is 2.70. The number of nitrogens with zero attached hydrogens (tertiary/aromatic N) is 1. The number of nitrogens with one attached hydrogen (secondary N) is 1. The van der Waals surface area contributed by atoms with E-state index in [0.29, 0.717) is 29.4 Å². The van der Waals surface area contributed by atoms with Crippen molar-refractivity contribution in [2.75, 3.05) is 11.4 Å². The monoisotopic (exact) mass is 332 g/mol. The van der Waals surface area contributed by atoms with Crippen LogP contribution in [0.15, 0.2) is 41.0 Å². The number of aryl methyl sites for hydroxylation is 1. The molecule has 5 nitrogen and oxygen atoms in total. The van der Waals surface area contributed by atoms with E-state index < -0.39 is 5.92 Å². The lowest BCUT2D eigenvalue weighted by atomic mass is 10.1. The van der Waals surface area contributed by atoms with Gasteiger partial charge in [-0.1, -0.05) is 17.7 Å². The molecule has 0 radical (unpaired) electrons. The molecule has 1 aromatic carbocycles. The predicted octanol–water partition coefficient (Wildman–Crippen LogP) is 2.91. The van der Waals surface area contributed by atoms with Crippen LogP contribution in [0.2, 0.25) is 5.02 Å². The highest BCUT2D eigenvalue weighted by Gasteiger charge is 2.38. The van der Waals surface area contributed by atoms with Gasteiger partial charge in [0, 0.05) is 6.54 Å². The highest BCUT2D eigenvalue weighted by molar-refractivity contribution is 6.34. The average molecular weight is 333 g/mol. The first-order chi connectivity index (χ1) is 11.1. The number of furan rings is 1. The van der Waals surface area contributed by atoms with Crippen LogP contribution >= 0.6 is 11.6 Å². The van der Waals surface area contributed by atoms with Crippen molar-refractivity contribution in [1.82, 2.24) is 5.32 Å². The number of halogens is 1. The number of carbonyl (C=O) groups excluding carboxylic acids is 2. The van der Waals surface area contributed by atoms with E-state index in [0.717, 1.165) is 5.56 Å². The second-order valence-corrected chi connectivity index (χ2v) is 5.99. The quantitative estimate of drug-likeness (QED) is 0.876. The summed E-state index contributed by atoms with van der Waals surface area (Å²) in [6, 6.07) is 9.06. The van der Waals surface area contributed by atoms with Gasteiger partial charge in [-0.2, -0.15) is 0 Å². The molecule has 0 bridgehead atoms. The Kier molecular flexibility index (Phi) is 4.39. The van der Waals surface area contributed by atoms with Crippen LogP contribution in [0.25, 0.3) is 0 Å². The van der Waals surface area contributed by atoms with Crippen molar-refractivity contribution in [2.24, 2.45) is 5.92 Å². The number of carbonyl (C=O) groups is 2. The van der Waals surface area contributed by atoms with Crippen molar-refractivity contribution in [1.29, 1.82) is 0 Å². The first kappa shape index (κ1) is 15.6. The molecule has 2 heterocycles. The van der Waals surface area contributed by atoms with Crippen LogP contribution in [0.5, 0.6) is 0 Å². The maximum atomic E-state index is 12.5. The Morgan fingerprint density at radius 1 is 1.43 bits per heavy atom. The molecule has 1 N–H and O–H groups in total. The van der Waals surface area contributed by atoms with Crippen molar-refractivity contribution in [3.05, 3.63) is 52.9 Å². The van der Waals surface area contributed by atoms with E-state index in [4.69, 9.17) is 16.0 Å². The number of anilines is 1. The van der Waals surface area contributed by atoms with E-state index in [1.165, 1.54) is 0 Å². The molecule has 1 aliphatic rings. The normalized spacial score (nSPS) is 17.6. The SMILES string of the molecule is Cc1ccc(N2CCC(C(=O)NCc3ccco3)C2=O)c(Cl)c1. The summed E-state index contributed by atoms with van der Waals surface area (Å²) in [4.78, 5) is 26.3. The summed E-state index contributed by atoms with van der Waals surface area (Å²) >= 11 is 6.22. The van der Waals surface area contributed by atoms with Crippen LogP contribution in [-0.2, 0) is 16.1 Å². The summed E-state index contributed by atoms with van der Waals surface area (Å²) in [7, 11) is 0. The Morgan fingerprint density at radius 3 is 2.96 bits per heavy atom. The van der Waals surface area contributed by atoms with E-state index >= 15 is 0 Å². The largest absolute Gasteiger partial charge is 0.467 e. The van der Waals surface area contributed by atoms with Gasteiger partial charge in [0.1, 0.15) is 11.7 Å². The molecule has 1 unspecified atom stereocenters. The van der Waals surface area contributed by atoms with E-state index in [1.807, 2.05) is 25.1 Å². The minimum Gasteiger partial charge on any atom is -0.467 e. The highest BCUT2D eigenvalue weighted by atomic mass is 35.5. The Hall–Kier alpha value is -2.27. The molecule has 0 saturated carbocycles. The zero-order valence-electron chi connectivity index (χ0n) is 12.7. The molecule has 23 heavy (non-hydrogen) atoms. The van der Waals surface area contributed by atoms with E-state index in [2.05, 4.69) is 5.32 Å². The van der Waals surface area contributed by atoms with E-state index in [9.17, 15) is 9.59 Å². The zero-order valence-corrected chi connectivity index (χ0v) is 13.5. The molecule has 1 aliphatic heterocycles. The van der Waals surface area contributed by atoms with Crippen molar-refractivity contribution in [2.45, 2.75) is 19.9 Å². The standard InChI is InChI=1S/C17H17ClN2O3/c1-11-4-5-15(14(18)9-11)20-7-6-13(17(20)22)16(21)19-10-12-3-2-8-23-12/h2-5,8-9,13H,6-7,10H2,1H3,(H,19,21). The fourth-order valence-corrected chi connectivity index (χ4v) is 3.04. The lowest BCUT2D eigenvalue weighted by Gasteiger charge is -2.18. The topological polar surface area (TPSA) is 62.6 Å². The van der Waals surface area contributed by atoms with Crippen molar-refractivity contribution < 1.29 is 14.0 Å². The maximum absolute atomic E-state index is 12.5. The van der Waals surface area contributed by atoms with Gasteiger partial charge in [0.05, 0.1) is 23.5 Å². The van der Waals surface area contributed by atoms with Crippen LogP contribution in [-0.4, -0.2) is 18.4 Å². The second-order valence-electron chi connectivity index (χ2n) is 5.58. The number of amides is 2. The Labute approximate surface area is 139 Å². The van der Waals surface area contributed by atoms with E-state index in [1.54, 1.807) is 23.3 Å². The molecule has 1 fully saturated rings. The third-order valence-corrected chi connectivity index (χ3v) is 4.24. The molecule has 3 rings (SSSR count). The van der Waals surface area contributed by atoms with Crippen molar-refractivity contribution in [3.8, 4) is 0 Å². The van der Waals surface area contributed by atoms with Crippen LogP contribution in [0, 0.1) is 12.8 Å². The van der Waals surface area contributed by atoms with Gasteiger partial charge in [0.15, 0.2) is 0 Å². The minimum absolute atomic E-state index is 0.215. The Balaban J connectivity index is 1.67. The zero-order chi connectivity index (χ0) is 16.4. The molecule has 120 valence electrons. The molecule has 6 heteroatoms. The lowest BCUT2D eigenvalue weighted by Crippen LogP contribution is -2.36. The minimum atomic E-state index is -0.678. The lowest BCUT2D eigenvalue weighted by molar-refractivity contribution is -0.132. The highest BCUT2D eigenvalue weighted by Crippen LogP contribution is 2.32. The van der Waals surface area contributed by atoms with Gasteiger partial charge in [-0.3, -0.25) is 9.59 Å². The molecule has 1 aromatic heterocycles. The first-order valence-electron chi connectivity index (χ1n) is 7.44. The first-order valence-corrected chi connectivity index (χ1v) is 7.81. The van der Waals surface area contributed by atoms with Crippen LogP contribution in [0.3, 0.4) is 0 Å². The summed E-state index contributed by atoms with van der Waals surface area (Å²) in [5.74, 6) is -0.519. The second kappa shape index (κ2) is 6.46. The third kappa shape index (κ3) is 3.24. The fraction of sp³-hybridized carbons (Fsp3) is 0.294. The molecule has 2 aromatic rings. The van der Waals surface area contributed by atoms with Gasteiger partial charge in [0.2, 0.25) is 11.8 Å². The van der Waals surface area contributed by atoms with Crippen LogP contribution < -0.4 is 10.2 Å². The van der Waals surface area contributed by atoms with Gasteiger partial charge >= 0.3 is 0 Å². The van der Waals surface area contributed by atoms with Crippen molar-refractivity contribution in [3.63, 3.8) is 0 Å². The molecular formula is C17H17ClN2O3. The molecule has 2 amide bonds. The summed E-state index contributed by atoms with van der Waals surface area (Å²) < 4.78 is 5.16. The average Bonchev–Trinajstić information content (AvgIpc) is 3.15. The smallest absolute Gasteiger partial charge is 0.239 e. The number of rotatable bonds is 4. The summed E-state index contributed by atoms with van der Waals surface area (Å²) in [6.07, 6.45) is 2.02. The molecular weight excluding hydrogens is 316 g/mol. The third-order valence-electron chi connectivity index (χ3n) is 3.93. The summed E-state index contributed by atoms with van der Waals surface area (Å²) in [6.45, 7) is 2.70. The van der Waals surface area contributed by atoms with Crippen LogP contribution in [0.4, 0.5) is 5.69 Å². The maximum Gasteiger partial charge on any atom is 0.239 e. The number of benzene rings is 1. The summed E-state index contributed by atoms with van der Waals surface area (Å²) in [5.41, 5.74) is 1.68. The van der Waals surface area contributed by atoms with Gasteiger partial charge in [-0.15, -0.1) is 0 Å². The predicted molar refractivity (Wildman–Crippen MR) is 87.2 cm³/mol. The molecule has 1 atom stereocenters. The molecule has 0 spiro atoms. The van der Waals surface area contributed by atoms with Gasteiger partial charge < -0.3 is 14.6 Å². The van der Waals surface area contributed by atoms with Gasteiger partial charge in [-0.05, 0) is 43.2 Å². The van der Waals surface area contributed by atoms with Gasteiger partial charge in [0.25, 0.3) is 0 Å². The van der Waals surface area contributed by atoms with Crippen molar-refractivity contribution >= 4 is 29.1 Å². The number of hydrogen-bond acceptors (Lipinski definition) is 3. The Bertz CT molecular complexity index is 727. The Morgan fingerprint density at radius 2 is 2.26 bits per heavy atom.